The van der Waals surface area contributed by atoms with Gasteiger partial charge in [-0.1, -0.05) is 39.8 Å². The molecule has 1 aromatic heterocycles. The topological polar surface area (TPSA) is 109 Å². The molecule has 5 unspecified atom stereocenters. The second-order valence-corrected chi connectivity index (χ2v) is 12.0. The van der Waals surface area contributed by atoms with Crippen LogP contribution in [0.2, 0.25) is 0 Å². The number of aliphatic hydroxyl groups excluding tert-OH is 2. The van der Waals surface area contributed by atoms with Gasteiger partial charge in [0.05, 0.1) is 46.5 Å². The third-order valence-corrected chi connectivity index (χ3v) is 8.30. The number of esters is 1. The van der Waals surface area contributed by atoms with Crippen LogP contribution in [0.3, 0.4) is 0 Å². The highest BCUT2D eigenvalue weighted by Gasteiger charge is 2.52. The van der Waals surface area contributed by atoms with Crippen LogP contribution in [0.15, 0.2) is 23.1 Å². The number of ether oxygens (including phenoxy) is 2. The second-order valence-electron chi connectivity index (χ2n) is 10.9. The number of nitrogens with zero attached hydrogens (tertiary/aromatic N) is 1. The number of carbonyl (C=O) groups is 2. The number of aryl methyl sites for hydroxylation is 1. The molecule has 2 aliphatic heterocycles. The van der Waals surface area contributed by atoms with Crippen LogP contribution in [0.5, 0.6) is 0 Å². The molecule has 7 nitrogen and oxygen atoms in total. The molecule has 0 aliphatic carbocycles. The monoisotopic (exact) mass is 505 g/mol. The van der Waals surface area contributed by atoms with E-state index in [1.807, 2.05) is 51.3 Å². The number of hydrogen-bond acceptors (Lipinski definition) is 8. The third-order valence-electron chi connectivity index (χ3n) is 7.51. The van der Waals surface area contributed by atoms with Gasteiger partial charge in [-0.2, -0.15) is 0 Å². The van der Waals surface area contributed by atoms with Crippen molar-refractivity contribution in [2.24, 2.45) is 17.3 Å². The maximum atomic E-state index is 13.2. The minimum atomic E-state index is -1.25. The molecule has 0 radical (unpaired) electrons. The molecule has 2 aliphatic rings. The summed E-state index contributed by atoms with van der Waals surface area (Å²) in [5.74, 6) is -1.83. The molecule has 3 heterocycles. The summed E-state index contributed by atoms with van der Waals surface area (Å²) in [5, 5.41) is 24.5. The Labute approximate surface area is 212 Å². The molecular formula is C27H39NO6S. The number of aromatic nitrogens is 1. The van der Waals surface area contributed by atoms with Crippen LogP contribution in [0.4, 0.5) is 0 Å². The van der Waals surface area contributed by atoms with Crippen LogP contribution >= 0.6 is 11.3 Å². The molecule has 8 heteroatoms. The molecule has 0 bridgehead atoms. The van der Waals surface area contributed by atoms with Crippen molar-refractivity contribution in [1.29, 1.82) is 0 Å². The van der Waals surface area contributed by atoms with Gasteiger partial charge in [0.25, 0.3) is 0 Å². The predicted octanol–water partition coefficient (Wildman–Crippen LogP) is 4.25. The van der Waals surface area contributed by atoms with Crippen LogP contribution in [-0.2, 0) is 19.1 Å². The first-order chi connectivity index (χ1) is 16.2. The lowest BCUT2D eigenvalue weighted by Crippen LogP contribution is -2.45. The standard InChI is InChI=1S/C27H39NO6S/c1-15-9-8-10-27(7)22(34-27)12-20(16(2)11-19-14-35-18(4)28-19)33-23(30)13-21(29)26(5,6)25(32)17(3)24(15)31/h8-9,11,14-15,17,20-22,24,29,31H,10,12-13H2,1-7H3/b9-8+,16-11+/t15?,17?,20?,21-,22?,24?,27-/m0/s1. The van der Waals surface area contributed by atoms with Gasteiger partial charge < -0.3 is 19.7 Å². The zero-order valence-corrected chi connectivity index (χ0v) is 22.6. The van der Waals surface area contributed by atoms with Crippen LogP contribution in [0, 0.1) is 24.2 Å². The van der Waals surface area contributed by atoms with Crippen LogP contribution in [-0.4, -0.2) is 57.0 Å². The minimum Gasteiger partial charge on any atom is -0.458 e. The molecule has 3 rings (SSSR count). The molecule has 1 saturated heterocycles. The van der Waals surface area contributed by atoms with Crippen LogP contribution in [0.25, 0.3) is 6.08 Å². The normalized spacial score (nSPS) is 37.9. The Morgan fingerprint density at radius 2 is 1.91 bits per heavy atom. The van der Waals surface area contributed by atoms with Crippen molar-refractivity contribution in [3.05, 3.63) is 33.8 Å². The lowest BCUT2D eigenvalue weighted by atomic mass is 9.73. The maximum absolute atomic E-state index is 13.2. The number of aliphatic hydroxyl groups is 2. The highest BCUT2D eigenvalue weighted by atomic mass is 32.1. The number of hydrogen-bond donors (Lipinski definition) is 2. The summed E-state index contributed by atoms with van der Waals surface area (Å²) in [5.41, 5.74) is 0.0391. The van der Waals surface area contributed by atoms with Crippen LogP contribution < -0.4 is 0 Å². The third kappa shape index (κ3) is 6.47. The average Bonchev–Trinajstić information content (AvgIpc) is 3.22. The molecule has 0 aromatic carbocycles. The number of Topliss-reactive ketones (excluding diaryl/α,β-unsaturated/α-hetero) is 1. The van der Waals surface area contributed by atoms with Crippen molar-refractivity contribution >= 4 is 29.2 Å². The summed E-state index contributed by atoms with van der Waals surface area (Å²) in [4.78, 5) is 30.6. The summed E-state index contributed by atoms with van der Waals surface area (Å²) in [6, 6.07) is 0. The number of epoxide rings is 1. The van der Waals surface area contributed by atoms with E-state index in [9.17, 15) is 19.8 Å². The van der Waals surface area contributed by atoms with Crippen molar-refractivity contribution in [3.63, 3.8) is 0 Å². The van der Waals surface area contributed by atoms with Gasteiger partial charge in [0.1, 0.15) is 11.9 Å². The van der Waals surface area contributed by atoms with Gasteiger partial charge in [0, 0.05) is 23.6 Å². The highest BCUT2D eigenvalue weighted by molar-refractivity contribution is 7.09. The fourth-order valence-electron chi connectivity index (χ4n) is 4.67. The maximum Gasteiger partial charge on any atom is 0.309 e. The average molecular weight is 506 g/mol. The molecule has 0 amide bonds. The van der Waals surface area contributed by atoms with Gasteiger partial charge in [-0.15, -0.1) is 11.3 Å². The number of fused-ring (bicyclic) bond motifs is 1. The van der Waals surface area contributed by atoms with E-state index < -0.39 is 35.6 Å². The van der Waals surface area contributed by atoms with E-state index in [1.54, 1.807) is 32.1 Å². The first-order valence-electron chi connectivity index (χ1n) is 12.3. The van der Waals surface area contributed by atoms with E-state index in [1.165, 1.54) is 0 Å². The first-order valence-corrected chi connectivity index (χ1v) is 13.2. The molecule has 1 fully saturated rings. The van der Waals surface area contributed by atoms with Gasteiger partial charge in [0.15, 0.2) is 0 Å². The molecule has 1 aromatic rings. The number of cyclic esters (lactones) is 1. The van der Waals surface area contributed by atoms with Crippen molar-refractivity contribution in [3.8, 4) is 0 Å². The Balaban J connectivity index is 1.89. The highest BCUT2D eigenvalue weighted by Crippen LogP contribution is 2.44. The Bertz CT molecular complexity index is 998. The SMILES string of the molecule is C/C(=C\c1csc(C)n1)C1CC2O[C@@]2(C)C/C=C/C(C)C(O)C(C)C(=O)C(C)(C)[C@@H](O)CC(=O)O1. The van der Waals surface area contributed by atoms with Crippen molar-refractivity contribution in [1.82, 2.24) is 4.98 Å². The van der Waals surface area contributed by atoms with E-state index in [-0.39, 0.29) is 29.8 Å². The molecular weight excluding hydrogens is 466 g/mol. The predicted molar refractivity (Wildman–Crippen MR) is 136 cm³/mol. The van der Waals surface area contributed by atoms with E-state index in [0.29, 0.717) is 12.8 Å². The van der Waals surface area contributed by atoms with Gasteiger partial charge in [-0.25, -0.2) is 4.98 Å². The Morgan fingerprint density at radius 1 is 1.23 bits per heavy atom. The van der Waals surface area contributed by atoms with E-state index in [4.69, 9.17) is 9.47 Å². The molecule has 0 saturated carbocycles. The zero-order chi connectivity index (χ0) is 26.1. The summed E-state index contributed by atoms with van der Waals surface area (Å²) in [6.45, 7) is 12.6. The summed E-state index contributed by atoms with van der Waals surface area (Å²) < 4.78 is 11.9. The zero-order valence-electron chi connectivity index (χ0n) is 21.8. The van der Waals surface area contributed by atoms with E-state index >= 15 is 0 Å². The number of rotatable bonds is 2. The second kappa shape index (κ2) is 10.6. The smallest absolute Gasteiger partial charge is 0.309 e. The molecule has 194 valence electrons. The Hall–Kier alpha value is -1.87. The lowest BCUT2D eigenvalue weighted by Gasteiger charge is -2.34. The van der Waals surface area contributed by atoms with E-state index in [0.717, 1.165) is 16.3 Å². The Morgan fingerprint density at radius 3 is 2.54 bits per heavy atom. The van der Waals surface area contributed by atoms with Gasteiger partial charge in [-0.3, -0.25) is 9.59 Å². The van der Waals surface area contributed by atoms with Gasteiger partial charge in [0.2, 0.25) is 0 Å². The first kappa shape index (κ1) is 27.7. The largest absolute Gasteiger partial charge is 0.458 e. The number of thiazole rings is 1. The fourth-order valence-corrected chi connectivity index (χ4v) is 5.24. The summed E-state index contributed by atoms with van der Waals surface area (Å²) in [7, 11) is 0. The molecule has 0 spiro atoms. The Kier molecular flexibility index (Phi) is 8.41. The number of ketones is 1. The van der Waals surface area contributed by atoms with Crippen molar-refractivity contribution in [2.45, 2.75) is 97.7 Å². The minimum absolute atomic E-state index is 0.0968. The van der Waals surface area contributed by atoms with Crippen molar-refractivity contribution in [2.75, 3.05) is 0 Å². The van der Waals surface area contributed by atoms with Crippen molar-refractivity contribution < 1.29 is 29.3 Å². The van der Waals surface area contributed by atoms with E-state index in [2.05, 4.69) is 4.98 Å². The molecule has 35 heavy (non-hydrogen) atoms. The number of carbonyl (C=O) groups excluding carboxylic acids is 2. The van der Waals surface area contributed by atoms with Gasteiger partial charge >= 0.3 is 5.97 Å². The van der Waals surface area contributed by atoms with Gasteiger partial charge in [-0.05, 0) is 38.8 Å². The molecule has 7 atom stereocenters. The summed E-state index contributed by atoms with van der Waals surface area (Å²) in [6.07, 6.45) is 3.84. The lowest BCUT2D eigenvalue weighted by molar-refractivity contribution is -0.154. The summed E-state index contributed by atoms with van der Waals surface area (Å²) >= 11 is 1.55. The fraction of sp³-hybridized carbons (Fsp3) is 0.667. The van der Waals surface area contributed by atoms with Crippen LogP contribution in [0.1, 0.15) is 71.5 Å². The molecule has 2 N–H and O–H groups in total. The quantitative estimate of drug-likeness (QED) is 0.351.